The monoisotopic (exact) mass is 822 g/mol. The molecule has 1 saturated heterocycles. The molecule has 0 bridgehead atoms. The first kappa shape index (κ1) is 42.7. The number of rotatable bonds is 13. The average molecular weight is 822 g/mol. The minimum absolute atomic E-state index is 0.0385. The first-order valence-electron chi connectivity index (χ1n) is 23.2. The molecule has 3 atom stereocenters. The Bertz CT molecular complexity index is 2360. The normalized spacial score (nSPS) is 19.9. The van der Waals surface area contributed by atoms with Gasteiger partial charge in [-0.15, -0.1) is 0 Å². The molecule has 0 radical (unpaired) electrons. The van der Waals surface area contributed by atoms with Gasteiger partial charge >= 0.3 is 0 Å². The Morgan fingerprint density at radius 2 is 1.70 bits per heavy atom. The fourth-order valence-electron chi connectivity index (χ4n) is 9.69. The Morgan fingerprint density at radius 3 is 2.43 bits per heavy atom. The molecule has 4 aliphatic rings. The summed E-state index contributed by atoms with van der Waals surface area (Å²) in [6.45, 7) is 24.4. The van der Waals surface area contributed by atoms with Crippen molar-refractivity contribution in [1.29, 1.82) is 0 Å². The lowest BCUT2D eigenvalue weighted by Gasteiger charge is -2.36. The van der Waals surface area contributed by atoms with Gasteiger partial charge < -0.3 is 35.1 Å². The van der Waals surface area contributed by atoms with Crippen molar-refractivity contribution in [3.8, 4) is 28.3 Å². The van der Waals surface area contributed by atoms with Crippen LogP contribution in [0.1, 0.15) is 140 Å². The zero-order valence-corrected chi connectivity index (χ0v) is 38.5. The number of nitrogens with one attached hydrogen (secondary N) is 4. The van der Waals surface area contributed by atoms with Crippen LogP contribution in [0, 0.1) is 11.3 Å². The summed E-state index contributed by atoms with van der Waals surface area (Å²) in [6.07, 6.45) is 14.5. The highest BCUT2D eigenvalue weighted by Gasteiger charge is 2.34. The van der Waals surface area contributed by atoms with Gasteiger partial charge in [0.05, 0.1) is 42.9 Å². The standard InChI is InChI=1S/C48H59N7O.C5H12/c1-7-18-51-48(4,5)27-46-49-28-40(52-46)34-15-17-42-37(23-34)26-45-39-16-14-33(22-35(39)25-44(55(42)45)36-20-31(8-2)21-38(24-36)56-6)41-29-50-47(53-41)43-13-10-19-54(43)30(3)32-11-9-12-32;1-5(2,3)4/h14-17,20-24,26,28-29,32,43-44,46,49,51-52H,3,7-13,18-19,25,27H2,1-2,4-6H3,(H,50,53);1-4H3. The molecular formula is C53H71N7O. The molecule has 8 heteroatoms. The lowest BCUT2D eigenvalue weighted by molar-refractivity contribution is 0.231. The molecule has 5 heterocycles. The lowest BCUT2D eigenvalue weighted by atomic mass is 9.82. The van der Waals surface area contributed by atoms with E-state index in [1.165, 1.54) is 81.4 Å². The van der Waals surface area contributed by atoms with Crippen molar-refractivity contribution in [3.63, 3.8) is 0 Å². The number of fused-ring (bicyclic) bond motifs is 5. The van der Waals surface area contributed by atoms with Gasteiger partial charge in [-0.05, 0) is 141 Å². The predicted molar refractivity (Wildman–Crippen MR) is 254 cm³/mol. The van der Waals surface area contributed by atoms with Crippen LogP contribution in [-0.4, -0.2) is 51.3 Å². The Balaban J connectivity index is 0.000000973. The number of imidazole rings is 1. The highest BCUT2D eigenvalue weighted by atomic mass is 16.5. The third kappa shape index (κ3) is 9.30. The molecule has 9 rings (SSSR count). The number of ether oxygens (including phenoxy) is 1. The average Bonchev–Trinajstić information content (AvgIpc) is 4.04. The van der Waals surface area contributed by atoms with Crippen LogP contribution >= 0.6 is 0 Å². The van der Waals surface area contributed by atoms with Crippen molar-refractivity contribution in [2.75, 3.05) is 20.2 Å². The first-order valence-corrected chi connectivity index (χ1v) is 23.2. The fraction of sp³-hybridized carbons (Fsp3) is 0.491. The van der Waals surface area contributed by atoms with E-state index >= 15 is 0 Å². The maximum absolute atomic E-state index is 5.86. The Kier molecular flexibility index (Phi) is 12.2. The molecule has 3 aliphatic heterocycles. The van der Waals surface area contributed by atoms with Crippen LogP contribution in [0.4, 0.5) is 0 Å². The predicted octanol–water partition coefficient (Wildman–Crippen LogP) is 11.9. The molecule has 3 aromatic carbocycles. The van der Waals surface area contributed by atoms with E-state index in [0.29, 0.717) is 11.3 Å². The minimum atomic E-state index is 0.0385. The maximum atomic E-state index is 5.86. The maximum Gasteiger partial charge on any atom is 0.129 e. The molecule has 1 saturated carbocycles. The van der Waals surface area contributed by atoms with Crippen LogP contribution in [0.2, 0.25) is 0 Å². The second-order valence-electron chi connectivity index (χ2n) is 20.3. The number of benzene rings is 3. The molecule has 324 valence electrons. The van der Waals surface area contributed by atoms with Crippen LogP contribution in [0.25, 0.3) is 39.1 Å². The summed E-state index contributed by atoms with van der Waals surface area (Å²) in [5.74, 6) is 2.63. The minimum Gasteiger partial charge on any atom is -0.497 e. The molecule has 0 spiro atoms. The quantitative estimate of drug-likeness (QED) is 0.0947. The summed E-state index contributed by atoms with van der Waals surface area (Å²) in [5.41, 5.74) is 14.2. The number of aromatic amines is 1. The van der Waals surface area contributed by atoms with Gasteiger partial charge in [-0.2, -0.15) is 0 Å². The number of hydrogen-bond donors (Lipinski definition) is 4. The van der Waals surface area contributed by atoms with Crippen molar-refractivity contribution in [3.05, 3.63) is 113 Å². The van der Waals surface area contributed by atoms with Gasteiger partial charge in [-0.3, -0.25) is 0 Å². The number of hydrogen-bond acceptors (Lipinski definition) is 6. The number of likely N-dealkylation sites (tertiary alicyclic amines) is 1. The third-order valence-electron chi connectivity index (χ3n) is 13.0. The van der Waals surface area contributed by atoms with Gasteiger partial charge in [-0.1, -0.05) is 78.8 Å². The van der Waals surface area contributed by atoms with Crippen LogP contribution in [0.15, 0.2) is 85.3 Å². The molecule has 61 heavy (non-hydrogen) atoms. The number of nitrogens with zero attached hydrogens (tertiary/aromatic N) is 3. The topological polar surface area (TPSA) is 82.2 Å². The number of aryl methyl sites for hydroxylation is 1. The van der Waals surface area contributed by atoms with E-state index in [9.17, 15) is 0 Å². The van der Waals surface area contributed by atoms with Crippen LogP contribution < -0.4 is 20.7 Å². The molecular weight excluding hydrogens is 751 g/mol. The number of methoxy groups -OCH3 is 1. The number of aromatic nitrogens is 3. The first-order chi connectivity index (χ1) is 29.2. The van der Waals surface area contributed by atoms with E-state index in [4.69, 9.17) is 9.72 Å². The molecule has 5 aromatic rings. The summed E-state index contributed by atoms with van der Waals surface area (Å²) in [7, 11) is 1.78. The third-order valence-corrected chi connectivity index (χ3v) is 13.0. The van der Waals surface area contributed by atoms with E-state index in [0.717, 1.165) is 68.2 Å². The van der Waals surface area contributed by atoms with E-state index in [1.54, 1.807) is 7.11 Å². The summed E-state index contributed by atoms with van der Waals surface area (Å²) < 4.78 is 8.44. The van der Waals surface area contributed by atoms with Gasteiger partial charge in [-0.25, -0.2) is 4.98 Å². The van der Waals surface area contributed by atoms with Crippen molar-refractivity contribution in [1.82, 2.24) is 35.4 Å². The molecule has 4 N–H and O–H groups in total. The second kappa shape index (κ2) is 17.4. The van der Waals surface area contributed by atoms with Gasteiger partial charge in [0.15, 0.2) is 0 Å². The zero-order valence-electron chi connectivity index (χ0n) is 38.5. The number of allylic oxidation sites excluding steroid dienone is 1. The lowest BCUT2D eigenvalue weighted by Crippen LogP contribution is -2.47. The SMILES string of the molecule is C=C(C1CCC1)N1CCCC1c1ncc(-c2ccc3c(c2)CC(c2cc(CC)cc(OC)c2)n2c-3cc3cc(C4=CNC(CC(C)(C)NCCC)N4)ccc32)[nH]1.CC(C)(C)C. The zero-order chi connectivity index (χ0) is 43.1. The summed E-state index contributed by atoms with van der Waals surface area (Å²) in [6, 6.07) is 23.6. The van der Waals surface area contributed by atoms with E-state index < -0.39 is 0 Å². The highest BCUT2D eigenvalue weighted by molar-refractivity contribution is 5.91. The van der Waals surface area contributed by atoms with Crippen LogP contribution in [0.5, 0.6) is 5.75 Å². The van der Waals surface area contributed by atoms with E-state index in [-0.39, 0.29) is 23.8 Å². The molecule has 2 fully saturated rings. The molecule has 1 aliphatic carbocycles. The van der Waals surface area contributed by atoms with Crippen LogP contribution in [0.3, 0.4) is 0 Å². The van der Waals surface area contributed by atoms with E-state index in [2.05, 4.69) is 159 Å². The molecule has 2 aromatic heterocycles. The fourth-order valence-corrected chi connectivity index (χ4v) is 9.69. The molecule has 3 unspecified atom stereocenters. The van der Waals surface area contributed by atoms with Gasteiger partial charge in [0.1, 0.15) is 11.6 Å². The van der Waals surface area contributed by atoms with Gasteiger partial charge in [0.2, 0.25) is 0 Å². The molecule has 0 amide bonds. The van der Waals surface area contributed by atoms with Crippen molar-refractivity contribution < 1.29 is 4.74 Å². The Labute approximate surface area is 365 Å². The smallest absolute Gasteiger partial charge is 0.129 e. The largest absolute Gasteiger partial charge is 0.497 e. The van der Waals surface area contributed by atoms with Crippen LogP contribution in [-0.2, 0) is 12.8 Å². The van der Waals surface area contributed by atoms with Crippen molar-refractivity contribution >= 4 is 16.6 Å². The summed E-state index contributed by atoms with van der Waals surface area (Å²) in [5, 5.41) is 12.3. The summed E-state index contributed by atoms with van der Waals surface area (Å²) >= 11 is 0. The van der Waals surface area contributed by atoms with E-state index in [1.807, 2.05) is 6.20 Å². The highest BCUT2D eigenvalue weighted by Crippen LogP contribution is 2.45. The Hall–Kier alpha value is -4.95. The molecule has 8 nitrogen and oxygen atoms in total. The van der Waals surface area contributed by atoms with Crippen molar-refractivity contribution in [2.45, 2.75) is 137 Å². The van der Waals surface area contributed by atoms with Gasteiger partial charge in [0.25, 0.3) is 0 Å². The second-order valence-corrected chi connectivity index (χ2v) is 20.3. The number of H-pyrrole nitrogens is 1. The van der Waals surface area contributed by atoms with Crippen molar-refractivity contribution in [2.24, 2.45) is 11.3 Å². The summed E-state index contributed by atoms with van der Waals surface area (Å²) in [4.78, 5) is 11.3. The Morgan fingerprint density at radius 1 is 0.918 bits per heavy atom. The van der Waals surface area contributed by atoms with Gasteiger partial charge in [0, 0.05) is 52.6 Å².